The van der Waals surface area contributed by atoms with Gasteiger partial charge in [-0.25, -0.2) is 4.79 Å². The maximum Gasteiger partial charge on any atom is 0.322 e. The quantitative estimate of drug-likeness (QED) is 0.786. The number of H-pyrrole nitrogens is 1. The Bertz CT molecular complexity index is 466. The van der Waals surface area contributed by atoms with Gasteiger partial charge in [0.05, 0.1) is 23.8 Å². The van der Waals surface area contributed by atoms with Crippen LogP contribution in [-0.2, 0) is 4.79 Å². The minimum absolute atomic E-state index is 0.0116. The Morgan fingerprint density at radius 3 is 2.70 bits per heavy atom. The highest BCUT2D eigenvalue weighted by atomic mass is 16.4. The largest absolute Gasteiger partial charge is 0.481 e. The van der Waals surface area contributed by atoms with Gasteiger partial charge in [-0.2, -0.15) is 5.10 Å². The average Bonchev–Trinajstić information content (AvgIpc) is 2.91. The molecule has 0 aliphatic heterocycles. The van der Waals surface area contributed by atoms with Gasteiger partial charge in [-0.3, -0.25) is 9.89 Å². The number of aliphatic carboxylic acids is 1. The van der Waals surface area contributed by atoms with Crippen molar-refractivity contribution in [3.8, 4) is 0 Å². The number of hydrogen-bond acceptors (Lipinski definition) is 3. The second kappa shape index (κ2) is 5.94. The van der Waals surface area contributed by atoms with Gasteiger partial charge in [0, 0.05) is 13.2 Å². The summed E-state index contributed by atoms with van der Waals surface area (Å²) in [6.07, 6.45) is 7.55. The number of carbonyl (C=O) groups excluding carboxylic acids is 1. The third kappa shape index (κ3) is 3.09. The third-order valence-corrected chi connectivity index (χ3v) is 4.03. The van der Waals surface area contributed by atoms with Crippen LogP contribution in [0.25, 0.3) is 0 Å². The molecule has 1 aromatic rings. The molecule has 0 saturated heterocycles. The van der Waals surface area contributed by atoms with E-state index in [-0.39, 0.29) is 12.5 Å². The normalized spacial score (nSPS) is 17.4. The molecular formula is C13H20N4O3. The van der Waals surface area contributed by atoms with Crippen molar-refractivity contribution in [1.82, 2.24) is 15.1 Å². The lowest BCUT2D eigenvalue weighted by Crippen LogP contribution is -2.53. The SMILES string of the molecule is CN(C(=O)Nc1cn[nH]c1)C1(CC(=O)O)CCCCC1. The minimum Gasteiger partial charge on any atom is -0.481 e. The summed E-state index contributed by atoms with van der Waals surface area (Å²) in [5, 5.41) is 18.2. The van der Waals surface area contributed by atoms with Crippen LogP contribution in [0, 0.1) is 0 Å². The van der Waals surface area contributed by atoms with E-state index in [2.05, 4.69) is 15.5 Å². The van der Waals surface area contributed by atoms with Crippen LogP contribution in [0.15, 0.2) is 12.4 Å². The Balaban J connectivity index is 2.10. The molecule has 0 spiro atoms. The third-order valence-electron chi connectivity index (χ3n) is 4.03. The highest BCUT2D eigenvalue weighted by Crippen LogP contribution is 2.36. The molecule has 110 valence electrons. The highest BCUT2D eigenvalue weighted by Gasteiger charge is 2.40. The Morgan fingerprint density at radius 1 is 1.45 bits per heavy atom. The van der Waals surface area contributed by atoms with Crippen molar-refractivity contribution in [2.45, 2.75) is 44.1 Å². The molecule has 2 rings (SSSR count). The molecule has 1 heterocycles. The number of aromatic nitrogens is 2. The van der Waals surface area contributed by atoms with E-state index in [1.54, 1.807) is 18.1 Å². The van der Waals surface area contributed by atoms with E-state index >= 15 is 0 Å². The van der Waals surface area contributed by atoms with E-state index in [1.807, 2.05) is 0 Å². The molecule has 1 aliphatic carbocycles. The molecule has 1 fully saturated rings. The average molecular weight is 280 g/mol. The first kappa shape index (κ1) is 14.4. The topological polar surface area (TPSA) is 98.3 Å². The van der Waals surface area contributed by atoms with Gasteiger partial charge in [0.25, 0.3) is 0 Å². The summed E-state index contributed by atoms with van der Waals surface area (Å²) in [4.78, 5) is 25.0. The van der Waals surface area contributed by atoms with Crippen LogP contribution in [0.4, 0.5) is 10.5 Å². The Kier molecular flexibility index (Phi) is 4.26. The standard InChI is InChI=1S/C13H20N4O3/c1-17(12(20)16-10-8-14-15-9-10)13(7-11(18)19)5-3-2-4-6-13/h8-9H,2-7H2,1H3,(H,14,15)(H,16,20)(H,18,19). The molecule has 0 aromatic carbocycles. The molecule has 0 bridgehead atoms. The highest BCUT2D eigenvalue weighted by molar-refractivity contribution is 5.89. The molecule has 0 unspecified atom stereocenters. The van der Waals surface area contributed by atoms with E-state index < -0.39 is 11.5 Å². The monoisotopic (exact) mass is 280 g/mol. The molecule has 2 amide bonds. The fraction of sp³-hybridized carbons (Fsp3) is 0.615. The van der Waals surface area contributed by atoms with Gasteiger partial charge >= 0.3 is 12.0 Å². The van der Waals surface area contributed by atoms with Crippen molar-refractivity contribution in [3.63, 3.8) is 0 Å². The summed E-state index contributed by atoms with van der Waals surface area (Å²) in [7, 11) is 1.67. The van der Waals surface area contributed by atoms with Gasteiger partial charge in [-0.1, -0.05) is 19.3 Å². The predicted octanol–water partition coefficient (Wildman–Crippen LogP) is 2.05. The van der Waals surface area contributed by atoms with Crippen LogP contribution in [0.1, 0.15) is 38.5 Å². The van der Waals surface area contributed by atoms with Crippen molar-refractivity contribution in [1.29, 1.82) is 0 Å². The number of urea groups is 1. The summed E-state index contributed by atoms with van der Waals surface area (Å²) in [5.74, 6) is -0.866. The molecule has 7 nitrogen and oxygen atoms in total. The lowest BCUT2D eigenvalue weighted by Gasteiger charge is -2.43. The number of carbonyl (C=O) groups is 2. The van der Waals surface area contributed by atoms with E-state index in [0.717, 1.165) is 32.1 Å². The second-order valence-electron chi connectivity index (χ2n) is 5.33. The number of nitrogens with zero attached hydrogens (tertiary/aromatic N) is 2. The van der Waals surface area contributed by atoms with Crippen molar-refractivity contribution in [3.05, 3.63) is 12.4 Å². The van der Waals surface area contributed by atoms with Crippen molar-refractivity contribution in [2.24, 2.45) is 0 Å². The number of nitrogens with one attached hydrogen (secondary N) is 2. The fourth-order valence-corrected chi connectivity index (χ4v) is 2.86. The zero-order valence-corrected chi connectivity index (χ0v) is 11.6. The Morgan fingerprint density at radius 2 is 2.15 bits per heavy atom. The summed E-state index contributed by atoms with van der Waals surface area (Å²) >= 11 is 0. The first-order chi connectivity index (χ1) is 9.53. The summed E-state index contributed by atoms with van der Waals surface area (Å²) in [6, 6.07) is -0.297. The van der Waals surface area contributed by atoms with Gasteiger partial charge in [-0.15, -0.1) is 0 Å². The summed E-state index contributed by atoms with van der Waals surface area (Å²) in [6.45, 7) is 0. The first-order valence-corrected chi connectivity index (χ1v) is 6.79. The molecule has 3 N–H and O–H groups in total. The first-order valence-electron chi connectivity index (χ1n) is 6.79. The Labute approximate surface area is 117 Å². The second-order valence-corrected chi connectivity index (χ2v) is 5.33. The van der Waals surface area contributed by atoms with Crippen LogP contribution in [0.5, 0.6) is 0 Å². The fourth-order valence-electron chi connectivity index (χ4n) is 2.86. The van der Waals surface area contributed by atoms with Gasteiger partial charge < -0.3 is 15.3 Å². The number of rotatable bonds is 4. The predicted molar refractivity (Wildman–Crippen MR) is 73.4 cm³/mol. The number of aromatic amines is 1. The van der Waals surface area contributed by atoms with Crippen LogP contribution >= 0.6 is 0 Å². The zero-order valence-electron chi connectivity index (χ0n) is 11.6. The number of anilines is 1. The maximum absolute atomic E-state index is 12.3. The van der Waals surface area contributed by atoms with Crippen LogP contribution in [-0.4, -0.2) is 44.8 Å². The van der Waals surface area contributed by atoms with Crippen molar-refractivity contribution in [2.75, 3.05) is 12.4 Å². The van der Waals surface area contributed by atoms with Crippen molar-refractivity contribution < 1.29 is 14.7 Å². The van der Waals surface area contributed by atoms with E-state index in [1.165, 1.54) is 6.20 Å². The molecule has 1 saturated carbocycles. The van der Waals surface area contributed by atoms with Crippen LogP contribution < -0.4 is 5.32 Å². The number of hydrogen-bond donors (Lipinski definition) is 3. The van der Waals surface area contributed by atoms with E-state index in [0.29, 0.717) is 5.69 Å². The maximum atomic E-state index is 12.3. The van der Waals surface area contributed by atoms with Gasteiger partial charge in [-0.05, 0) is 12.8 Å². The van der Waals surface area contributed by atoms with Crippen LogP contribution in [0.3, 0.4) is 0 Å². The van der Waals surface area contributed by atoms with E-state index in [4.69, 9.17) is 5.11 Å². The van der Waals surface area contributed by atoms with E-state index in [9.17, 15) is 9.59 Å². The number of amides is 2. The number of carboxylic acids is 1. The van der Waals surface area contributed by atoms with Gasteiger partial charge in [0.15, 0.2) is 0 Å². The summed E-state index contributed by atoms with van der Waals surface area (Å²) in [5.41, 5.74) is -0.0131. The molecule has 1 aromatic heterocycles. The molecule has 1 aliphatic rings. The lowest BCUT2D eigenvalue weighted by atomic mass is 9.78. The molecule has 20 heavy (non-hydrogen) atoms. The smallest absolute Gasteiger partial charge is 0.322 e. The zero-order chi connectivity index (χ0) is 14.6. The van der Waals surface area contributed by atoms with Gasteiger partial charge in [0.1, 0.15) is 0 Å². The summed E-state index contributed by atoms with van der Waals surface area (Å²) < 4.78 is 0. The minimum atomic E-state index is -0.866. The molecule has 0 atom stereocenters. The Hall–Kier alpha value is -2.05. The lowest BCUT2D eigenvalue weighted by molar-refractivity contribution is -0.140. The molecule has 7 heteroatoms. The molecule has 0 radical (unpaired) electrons. The van der Waals surface area contributed by atoms with Gasteiger partial charge in [0.2, 0.25) is 0 Å². The molecular weight excluding hydrogens is 260 g/mol. The van der Waals surface area contributed by atoms with Crippen molar-refractivity contribution >= 4 is 17.7 Å². The number of carboxylic acid groups (broad SMARTS) is 1. The van der Waals surface area contributed by atoms with Crippen LogP contribution in [0.2, 0.25) is 0 Å².